The van der Waals surface area contributed by atoms with Gasteiger partial charge < -0.3 is 10.4 Å². The number of aliphatic carboxylic acids is 1. The zero-order chi connectivity index (χ0) is 14.5. The van der Waals surface area contributed by atoms with Crippen LogP contribution < -0.4 is 5.32 Å². The molecule has 1 saturated carbocycles. The summed E-state index contributed by atoms with van der Waals surface area (Å²) in [5.74, 6) is 0.891. The molecule has 1 saturated heterocycles. The Morgan fingerprint density at radius 2 is 1.90 bits per heavy atom. The average molecular weight is 300 g/mol. The number of carboxylic acids is 1. The van der Waals surface area contributed by atoms with E-state index in [-0.39, 0.29) is 11.8 Å². The Morgan fingerprint density at radius 1 is 1.25 bits per heavy atom. The number of carbonyl (C=O) groups is 2. The third kappa shape index (κ3) is 4.12. The van der Waals surface area contributed by atoms with E-state index in [1.165, 1.54) is 0 Å². The number of rotatable bonds is 5. The van der Waals surface area contributed by atoms with Crippen LogP contribution in [-0.4, -0.2) is 59.6 Å². The first-order chi connectivity index (χ1) is 9.58. The molecule has 1 aliphatic carbocycles. The summed E-state index contributed by atoms with van der Waals surface area (Å²) in [5.41, 5.74) is 0. The number of hydrogen-bond donors (Lipinski definition) is 2. The normalized spacial score (nSPS) is 31.1. The van der Waals surface area contributed by atoms with Crippen molar-refractivity contribution in [1.29, 1.82) is 0 Å². The fraction of sp³-hybridized carbons (Fsp3) is 0.857. The first-order valence-electron chi connectivity index (χ1n) is 7.38. The van der Waals surface area contributed by atoms with Crippen LogP contribution in [0.5, 0.6) is 0 Å². The molecule has 5 nitrogen and oxygen atoms in total. The van der Waals surface area contributed by atoms with E-state index in [1.54, 1.807) is 0 Å². The molecule has 0 aromatic carbocycles. The average Bonchev–Trinajstić information content (AvgIpc) is 2.82. The minimum atomic E-state index is -0.831. The highest BCUT2D eigenvalue weighted by atomic mass is 32.2. The van der Waals surface area contributed by atoms with Gasteiger partial charge in [-0.15, -0.1) is 0 Å². The quantitative estimate of drug-likeness (QED) is 0.789. The Balaban J connectivity index is 1.74. The molecule has 1 heterocycles. The summed E-state index contributed by atoms with van der Waals surface area (Å²) in [6.45, 7) is 5.68. The summed E-state index contributed by atoms with van der Waals surface area (Å²) in [6.07, 6.45) is 1.32. The summed E-state index contributed by atoms with van der Waals surface area (Å²) in [6, 6.07) is 0. The van der Waals surface area contributed by atoms with E-state index in [1.807, 2.05) is 18.7 Å². The molecule has 1 unspecified atom stereocenters. The van der Waals surface area contributed by atoms with Crippen molar-refractivity contribution in [2.75, 3.05) is 37.7 Å². The molecule has 0 aromatic heterocycles. The van der Waals surface area contributed by atoms with Crippen molar-refractivity contribution in [3.05, 3.63) is 0 Å². The van der Waals surface area contributed by atoms with E-state index in [4.69, 9.17) is 0 Å². The molecule has 0 spiro atoms. The molecule has 0 bridgehead atoms. The third-order valence-electron chi connectivity index (χ3n) is 4.28. The minimum Gasteiger partial charge on any atom is -0.481 e. The van der Waals surface area contributed by atoms with Crippen LogP contribution in [0.2, 0.25) is 0 Å². The van der Waals surface area contributed by atoms with E-state index in [0.717, 1.165) is 31.1 Å². The maximum Gasteiger partial charge on any atom is 0.307 e. The van der Waals surface area contributed by atoms with Crippen molar-refractivity contribution in [3.63, 3.8) is 0 Å². The zero-order valence-electron chi connectivity index (χ0n) is 12.0. The van der Waals surface area contributed by atoms with Gasteiger partial charge in [0.15, 0.2) is 0 Å². The zero-order valence-corrected chi connectivity index (χ0v) is 12.8. The van der Waals surface area contributed by atoms with Crippen LogP contribution in [0.1, 0.15) is 19.8 Å². The van der Waals surface area contributed by atoms with E-state index < -0.39 is 11.9 Å². The lowest BCUT2D eigenvalue weighted by Crippen LogP contribution is -2.42. The molecule has 0 aromatic rings. The van der Waals surface area contributed by atoms with Crippen molar-refractivity contribution in [1.82, 2.24) is 10.2 Å². The largest absolute Gasteiger partial charge is 0.481 e. The third-order valence-corrected chi connectivity index (χ3v) is 5.23. The first kappa shape index (κ1) is 15.6. The van der Waals surface area contributed by atoms with E-state index in [2.05, 4.69) is 10.2 Å². The molecule has 114 valence electrons. The van der Waals surface area contributed by atoms with Gasteiger partial charge in [-0.05, 0) is 18.8 Å². The predicted octanol–water partition coefficient (Wildman–Crippen LogP) is 0.898. The van der Waals surface area contributed by atoms with Crippen molar-refractivity contribution in [2.24, 2.45) is 17.8 Å². The Hall–Kier alpha value is -0.750. The molecule has 2 fully saturated rings. The molecule has 0 radical (unpaired) electrons. The number of nitrogens with zero attached hydrogens (tertiary/aromatic N) is 1. The highest BCUT2D eigenvalue weighted by Gasteiger charge is 2.40. The second-order valence-corrected chi connectivity index (χ2v) is 7.10. The molecule has 20 heavy (non-hydrogen) atoms. The van der Waals surface area contributed by atoms with Crippen LogP contribution in [0.25, 0.3) is 0 Å². The summed E-state index contributed by atoms with van der Waals surface area (Å²) < 4.78 is 0. The van der Waals surface area contributed by atoms with Gasteiger partial charge in [-0.25, -0.2) is 0 Å². The van der Waals surface area contributed by atoms with Crippen LogP contribution in [0.4, 0.5) is 0 Å². The number of carbonyl (C=O) groups excluding carboxylic acids is 1. The van der Waals surface area contributed by atoms with Crippen LogP contribution in [0, 0.1) is 17.8 Å². The molecular formula is C14H24N2O3S. The lowest BCUT2D eigenvalue weighted by Gasteiger charge is -2.26. The Labute approximate surface area is 124 Å². The van der Waals surface area contributed by atoms with Crippen molar-refractivity contribution in [3.8, 4) is 0 Å². The lowest BCUT2D eigenvalue weighted by molar-refractivity contribution is -0.146. The highest BCUT2D eigenvalue weighted by Crippen LogP contribution is 2.36. The highest BCUT2D eigenvalue weighted by molar-refractivity contribution is 7.99. The van der Waals surface area contributed by atoms with Crippen LogP contribution >= 0.6 is 11.8 Å². The first-order valence-corrected chi connectivity index (χ1v) is 8.54. The van der Waals surface area contributed by atoms with Crippen molar-refractivity contribution >= 4 is 23.6 Å². The summed E-state index contributed by atoms with van der Waals surface area (Å²) in [7, 11) is 0. The van der Waals surface area contributed by atoms with E-state index in [9.17, 15) is 14.7 Å². The van der Waals surface area contributed by atoms with Gasteiger partial charge in [-0.3, -0.25) is 14.5 Å². The molecule has 2 rings (SSSR count). The number of amides is 1. The molecule has 2 N–H and O–H groups in total. The molecular weight excluding hydrogens is 276 g/mol. The summed E-state index contributed by atoms with van der Waals surface area (Å²) in [4.78, 5) is 25.7. The summed E-state index contributed by atoms with van der Waals surface area (Å²) >= 11 is 1.97. The smallest absolute Gasteiger partial charge is 0.307 e. The van der Waals surface area contributed by atoms with Gasteiger partial charge in [0.25, 0.3) is 0 Å². The van der Waals surface area contributed by atoms with Crippen LogP contribution in [0.3, 0.4) is 0 Å². The Morgan fingerprint density at radius 3 is 2.55 bits per heavy atom. The molecule has 2 aliphatic rings. The van der Waals surface area contributed by atoms with Gasteiger partial charge in [0, 0.05) is 37.7 Å². The van der Waals surface area contributed by atoms with Gasteiger partial charge in [-0.1, -0.05) is 6.92 Å². The fourth-order valence-corrected chi connectivity index (χ4v) is 4.13. The van der Waals surface area contributed by atoms with Gasteiger partial charge in [-0.2, -0.15) is 11.8 Å². The Bertz CT molecular complexity index is 358. The minimum absolute atomic E-state index is 0.0758. The van der Waals surface area contributed by atoms with Crippen molar-refractivity contribution in [2.45, 2.75) is 19.8 Å². The topological polar surface area (TPSA) is 69.6 Å². The number of thioether (sulfide) groups is 1. The Kier molecular flexibility index (Phi) is 5.72. The standard InChI is InChI=1S/C14H24N2O3S/c1-10-8-11(12(9-10)14(18)19)13(17)15-2-3-16-4-6-20-7-5-16/h10-12H,2-9H2,1H3,(H,15,17)(H,18,19)/t10?,11-,12+/m0/s1. The molecule has 1 amide bonds. The molecule has 3 atom stereocenters. The van der Waals surface area contributed by atoms with Gasteiger partial charge >= 0.3 is 5.97 Å². The maximum absolute atomic E-state index is 12.2. The van der Waals surface area contributed by atoms with Gasteiger partial charge in [0.2, 0.25) is 5.91 Å². The van der Waals surface area contributed by atoms with Crippen molar-refractivity contribution < 1.29 is 14.7 Å². The monoisotopic (exact) mass is 300 g/mol. The van der Waals surface area contributed by atoms with Crippen LogP contribution in [-0.2, 0) is 9.59 Å². The fourth-order valence-electron chi connectivity index (χ4n) is 3.15. The van der Waals surface area contributed by atoms with Crippen LogP contribution in [0.15, 0.2) is 0 Å². The SMILES string of the molecule is CC1C[C@H](C(=O)NCCN2CCSCC2)[C@H](C(=O)O)C1. The second kappa shape index (κ2) is 7.31. The second-order valence-electron chi connectivity index (χ2n) is 5.87. The number of hydrogen-bond acceptors (Lipinski definition) is 4. The predicted molar refractivity (Wildman–Crippen MR) is 79.8 cm³/mol. The van der Waals surface area contributed by atoms with E-state index >= 15 is 0 Å². The summed E-state index contributed by atoms with van der Waals surface area (Å²) in [5, 5.41) is 12.1. The van der Waals surface area contributed by atoms with Gasteiger partial charge in [0.05, 0.1) is 11.8 Å². The molecule has 6 heteroatoms. The van der Waals surface area contributed by atoms with Gasteiger partial charge in [0.1, 0.15) is 0 Å². The molecule has 1 aliphatic heterocycles. The number of nitrogens with one attached hydrogen (secondary N) is 1. The van der Waals surface area contributed by atoms with E-state index in [0.29, 0.717) is 25.3 Å². The lowest BCUT2D eigenvalue weighted by atomic mass is 9.95. The number of carboxylic acid groups (broad SMARTS) is 1. The maximum atomic E-state index is 12.2.